The minimum atomic E-state index is -5.08. The number of pyridine rings is 1. The molecule has 0 saturated heterocycles. The molecule has 4 rings (SSSR count). The Labute approximate surface area is 186 Å². The van der Waals surface area contributed by atoms with Crippen LogP contribution in [0.2, 0.25) is 0 Å². The van der Waals surface area contributed by atoms with E-state index in [1.807, 2.05) is 0 Å². The molecular formula is C22H23F4N3O4. The number of hydrogen-bond donors (Lipinski definition) is 3. The van der Waals surface area contributed by atoms with Crippen LogP contribution in [0.25, 0.3) is 0 Å². The van der Waals surface area contributed by atoms with E-state index in [-0.39, 0.29) is 23.1 Å². The zero-order valence-corrected chi connectivity index (χ0v) is 17.4. The molecule has 0 radical (unpaired) electrons. The maximum atomic E-state index is 12.9. The number of carbonyl (C=O) groups is 2. The molecule has 1 heterocycles. The number of benzene rings is 1. The molecule has 2 fully saturated rings. The van der Waals surface area contributed by atoms with Gasteiger partial charge in [0.15, 0.2) is 0 Å². The summed E-state index contributed by atoms with van der Waals surface area (Å²) in [6, 6.07) is 9.50. The highest BCUT2D eigenvalue weighted by Crippen LogP contribution is 2.61. The van der Waals surface area contributed by atoms with E-state index >= 15 is 0 Å². The molecule has 11 heteroatoms. The molecule has 1 amide bonds. The number of nitrogens with one attached hydrogen (secondary N) is 1. The van der Waals surface area contributed by atoms with E-state index < -0.39 is 12.1 Å². The third-order valence-corrected chi connectivity index (χ3v) is 5.81. The summed E-state index contributed by atoms with van der Waals surface area (Å²) in [5.41, 5.74) is 6.14. The van der Waals surface area contributed by atoms with Crippen LogP contribution in [-0.4, -0.2) is 34.2 Å². The molecule has 4 N–H and O–H groups in total. The summed E-state index contributed by atoms with van der Waals surface area (Å²) < 4.78 is 50.2. The van der Waals surface area contributed by atoms with Crippen LogP contribution in [-0.2, 0) is 9.59 Å². The Kier molecular flexibility index (Phi) is 7.21. The number of rotatable bonds is 4. The number of nitrogens with two attached hydrogens (primary N) is 1. The number of hydrogen-bond acceptors (Lipinski definition) is 5. The predicted octanol–water partition coefficient (Wildman–Crippen LogP) is 4.49. The Bertz CT molecular complexity index is 973. The first-order chi connectivity index (χ1) is 15.5. The Morgan fingerprint density at radius 3 is 2.18 bits per heavy atom. The van der Waals surface area contributed by atoms with Gasteiger partial charge in [-0.25, -0.2) is 14.2 Å². The molecule has 2 saturated carbocycles. The van der Waals surface area contributed by atoms with Gasteiger partial charge >= 0.3 is 12.1 Å². The van der Waals surface area contributed by atoms with Crippen LogP contribution >= 0.6 is 0 Å². The third-order valence-electron chi connectivity index (χ3n) is 5.81. The fourth-order valence-corrected chi connectivity index (χ4v) is 3.85. The third kappa shape index (κ3) is 6.64. The summed E-state index contributed by atoms with van der Waals surface area (Å²) in [7, 11) is 0. The van der Waals surface area contributed by atoms with Gasteiger partial charge in [-0.2, -0.15) is 13.2 Å². The van der Waals surface area contributed by atoms with Gasteiger partial charge in [-0.15, -0.1) is 0 Å². The number of aliphatic carboxylic acids is 1. The minimum Gasteiger partial charge on any atom is -0.475 e. The molecular weight excluding hydrogens is 446 g/mol. The molecule has 33 heavy (non-hydrogen) atoms. The highest BCUT2D eigenvalue weighted by atomic mass is 19.4. The summed E-state index contributed by atoms with van der Waals surface area (Å²) in [5.74, 6) is -1.39. The number of ether oxygens (including phenoxy) is 1. The maximum absolute atomic E-state index is 12.9. The highest BCUT2D eigenvalue weighted by molar-refractivity contribution is 5.94. The van der Waals surface area contributed by atoms with Gasteiger partial charge in [0.1, 0.15) is 23.1 Å². The van der Waals surface area contributed by atoms with Crippen LogP contribution in [0.1, 0.15) is 32.1 Å². The van der Waals surface area contributed by atoms with E-state index in [0.717, 1.165) is 32.1 Å². The van der Waals surface area contributed by atoms with Crippen molar-refractivity contribution in [2.24, 2.45) is 17.1 Å². The van der Waals surface area contributed by atoms with Crippen molar-refractivity contribution >= 4 is 17.7 Å². The largest absolute Gasteiger partial charge is 0.490 e. The van der Waals surface area contributed by atoms with Gasteiger partial charge in [0.25, 0.3) is 0 Å². The molecule has 7 nitrogen and oxygen atoms in total. The Balaban J connectivity index is 0.000000383. The van der Waals surface area contributed by atoms with Gasteiger partial charge in [0.05, 0.1) is 6.20 Å². The van der Waals surface area contributed by atoms with Crippen LogP contribution in [0.3, 0.4) is 0 Å². The Morgan fingerprint density at radius 1 is 1.09 bits per heavy atom. The number of anilines is 1. The summed E-state index contributed by atoms with van der Waals surface area (Å²) in [6.07, 6.45) is 1.53. The van der Waals surface area contributed by atoms with E-state index in [0.29, 0.717) is 23.4 Å². The average molecular weight is 469 g/mol. The zero-order valence-electron chi connectivity index (χ0n) is 17.4. The van der Waals surface area contributed by atoms with Gasteiger partial charge in [-0.1, -0.05) is 0 Å². The van der Waals surface area contributed by atoms with Gasteiger partial charge in [0.2, 0.25) is 5.91 Å². The van der Waals surface area contributed by atoms with Crippen LogP contribution < -0.4 is 15.8 Å². The molecule has 1 aromatic carbocycles. The van der Waals surface area contributed by atoms with E-state index in [1.54, 1.807) is 30.5 Å². The molecule has 2 aromatic rings. The number of carbonyl (C=O) groups excluding carboxylic acids is 1. The highest BCUT2D eigenvalue weighted by Gasteiger charge is 2.58. The first kappa shape index (κ1) is 24.4. The average Bonchev–Trinajstić information content (AvgIpc) is 3.47. The number of halogens is 4. The molecule has 1 spiro atoms. The van der Waals surface area contributed by atoms with Crippen molar-refractivity contribution in [3.05, 3.63) is 48.4 Å². The molecule has 0 bridgehead atoms. The summed E-state index contributed by atoms with van der Waals surface area (Å²) in [4.78, 5) is 25.6. The Morgan fingerprint density at radius 2 is 1.67 bits per heavy atom. The van der Waals surface area contributed by atoms with Gasteiger partial charge in [0, 0.05) is 12.0 Å². The molecule has 0 aliphatic heterocycles. The zero-order chi connectivity index (χ0) is 24.2. The summed E-state index contributed by atoms with van der Waals surface area (Å²) >= 11 is 0. The maximum Gasteiger partial charge on any atom is 0.490 e. The first-order valence-corrected chi connectivity index (χ1v) is 10.2. The lowest BCUT2D eigenvalue weighted by Gasteiger charge is -2.26. The standard InChI is InChI=1S/C20H22FN3O2.C2HF3O2/c21-13-1-3-15(4-2-13)26-16-5-6-18(23-12-16)24-19(25)17-11-20(17)9-7-14(22)8-10-20;3-2(4,5)1(6)7/h1-6,12,14,17H,7-11,22H2,(H,23,24,25);(H,6,7). The number of amides is 1. The van der Waals surface area contributed by atoms with Crippen molar-refractivity contribution in [1.82, 2.24) is 4.98 Å². The van der Waals surface area contributed by atoms with Crippen LogP contribution in [0, 0.1) is 17.2 Å². The van der Waals surface area contributed by atoms with Crippen molar-refractivity contribution in [3.8, 4) is 11.5 Å². The van der Waals surface area contributed by atoms with Crippen molar-refractivity contribution in [2.75, 3.05) is 5.32 Å². The molecule has 2 aliphatic carbocycles. The van der Waals surface area contributed by atoms with Crippen LogP contribution in [0.5, 0.6) is 11.5 Å². The predicted molar refractivity (Wildman–Crippen MR) is 110 cm³/mol. The van der Waals surface area contributed by atoms with Crippen molar-refractivity contribution < 1.29 is 37.0 Å². The number of nitrogens with zero attached hydrogens (tertiary/aromatic N) is 1. The lowest BCUT2D eigenvalue weighted by atomic mass is 9.82. The normalized spacial score (nSPS) is 23.8. The van der Waals surface area contributed by atoms with E-state index in [9.17, 15) is 22.4 Å². The van der Waals surface area contributed by atoms with E-state index in [1.165, 1.54) is 12.1 Å². The second-order valence-electron chi connectivity index (χ2n) is 8.18. The van der Waals surface area contributed by atoms with Gasteiger partial charge < -0.3 is 20.9 Å². The molecule has 1 aromatic heterocycles. The fraction of sp³-hybridized carbons (Fsp3) is 0.409. The van der Waals surface area contributed by atoms with Gasteiger partial charge in [-0.3, -0.25) is 4.79 Å². The summed E-state index contributed by atoms with van der Waals surface area (Å²) in [5, 5.41) is 10.0. The number of carboxylic acids is 1. The lowest BCUT2D eigenvalue weighted by Crippen LogP contribution is -2.29. The molecule has 178 valence electrons. The topological polar surface area (TPSA) is 115 Å². The summed E-state index contributed by atoms with van der Waals surface area (Å²) in [6.45, 7) is 0. The van der Waals surface area contributed by atoms with Crippen molar-refractivity contribution in [2.45, 2.75) is 44.3 Å². The van der Waals surface area contributed by atoms with E-state index in [2.05, 4.69) is 10.3 Å². The fourth-order valence-electron chi connectivity index (χ4n) is 3.85. The molecule has 1 atom stereocenters. The molecule has 1 unspecified atom stereocenters. The lowest BCUT2D eigenvalue weighted by molar-refractivity contribution is -0.192. The van der Waals surface area contributed by atoms with Crippen LogP contribution in [0.4, 0.5) is 23.4 Å². The van der Waals surface area contributed by atoms with Crippen LogP contribution in [0.15, 0.2) is 42.6 Å². The monoisotopic (exact) mass is 469 g/mol. The van der Waals surface area contributed by atoms with E-state index in [4.69, 9.17) is 20.4 Å². The second kappa shape index (κ2) is 9.74. The van der Waals surface area contributed by atoms with Gasteiger partial charge in [-0.05, 0) is 73.9 Å². The SMILES string of the molecule is NC1CCC2(CC1)CC2C(=O)Nc1ccc(Oc2ccc(F)cc2)cn1.O=C(O)C(F)(F)F. The van der Waals surface area contributed by atoms with Crippen molar-refractivity contribution in [3.63, 3.8) is 0 Å². The Hall–Kier alpha value is -3.21. The number of alkyl halides is 3. The number of carboxylic acid groups (broad SMARTS) is 1. The van der Waals surface area contributed by atoms with Crippen molar-refractivity contribution in [1.29, 1.82) is 0 Å². The first-order valence-electron chi connectivity index (χ1n) is 10.2. The quantitative estimate of drug-likeness (QED) is 0.569. The second-order valence-corrected chi connectivity index (χ2v) is 8.18. The minimum absolute atomic E-state index is 0.0418. The smallest absolute Gasteiger partial charge is 0.475 e. The molecule has 2 aliphatic rings. The number of aromatic nitrogens is 1.